The summed E-state index contributed by atoms with van der Waals surface area (Å²) in [6, 6.07) is -0.811. The van der Waals surface area contributed by atoms with Crippen molar-refractivity contribution in [2.75, 3.05) is 28.3 Å². The van der Waals surface area contributed by atoms with E-state index in [0.717, 1.165) is 0 Å². The molecule has 0 aromatic heterocycles. The molecule has 0 radical (unpaired) electrons. The third-order valence-corrected chi connectivity index (χ3v) is 12.2. The number of aliphatic hydroxyl groups excluding tert-OH is 3. The van der Waals surface area contributed by atoms with E-state index in [1.807, 2.05) is 0 Å². The van der Waals surface area contributed by atoms with Crippen LogP contribution < -0.4 is 0 Å². The Labute approximate surface area is 321 Å². The van der Waals surface area contributed by atoms with Crippen LogP contribution in [0.3, 0.4) is 0 Å². The molecule has 0 aromatic carbocycles. The van der Waals surface area contributed by atoms with E-state index in [-0.39, 0.29) is 25.7 Å². The standard InChI is InChI=1S/C38H70N2O14/c1-15-26-38(10,46)31(42)21(4)28(39-49-14)19(2)17-36(8,45)33(54-35-29(41)25(40(11,12)47)16-20(3)50-35)22(5)30(23(6)34(44)52-26)53-27-18-37(9,48-13)32(43)24(7)51-27/h19-27,29-33,35,41-43,45-46H,15-18H2,1-14H3/b39-28+/t19-,20-,21+,22+,23-,24+,25+,26-,27+,29-,30+,31-,32+,33-,35+,36-,37-,38-/m1/s1. The van der Waals surface area contributed by atoms with E-state index in [2.05, 4.69) is 5.16 Å². The Balaban J connectivity index is 2.24. The minimum atomic E-state index is -1.94. The van der Waals surface area contributed by atoms with Crippen molar-refractivity contribution in [1.29, 1.82) is 0 Å². The quantitative estimate of drug-likeness (QED) is 0.136. The van der Waals surface area contributed by atoms with Crippen molar-refractivity contribution in [1.82, 2.24) is 0 Å². The Bertz CT molecular complexity index is 1260. The van der Waals surface area contributed by atoms with Crippen LogP contribution in [0.15, 0.2) is 5.16 Å². The molecule has 3 heterocycles. The van der Waals surface area contributed by atoms with Gasteiger partial charge in [0, 0.05) is 37.7 Å². The van der Waals surface area contributed by atoms with Crippen LogP contribution in [0.2, 0.25) is 0 Å². The van der Waals surface area contributed by atoms with Crippen LogP contribution in [0.4, 0.5) is 0 Å². The van der Waals surface area contributed by atoms with Crippen LogP contribution in [-0.2, 0) is 38.1 Å². The van der Waals surface area contributed by atoms with Crippen molar-refractivity contribution < 1.29 is 68.2 Å². The summed E-state index contributed by atoms with van der Waals surface area (Å²) in [6.45, 7) is 16.6. The van der Waals surface area contributed by atoms with Gasteiger partial charge in [0.1, 0.15) is 31.0 Å². The summed E-state index contributed by atoms with van der Waals surface area (Å²) in [6.07, 6.45) is -10.5. The van der Waals surface area contributed by atoms with Gasteiger partial charge in [0.15, 0.2) is 18.7 Å². The monoisotopic (exact) mass is 778 g/mol. The van der Waals surface area contributed by atoms with E-state index < -0.39 is 119 Å². The first-order chi connectivity index (χ1) is 24.8. The van der Waals surface area contributed by atoms with Gasteiger partial charge in [0.05, 0.1) is 67.4 Å². The lowest BCUT2D eigenvalue weighted by atomic mass is 9.73. The Hall–Kier alpha value is -1.54. The molecule has 0 spiro atoms. The first-order valence-corrected chi connectivity index (χ1v) is 19.3. The van der Waals surface area contributed by atoms with E-state index in [1.165, 1.54) is 35.2 Å². The van der Waals surface area contributed by atoms with E-state index in [0.29, 0.717) is 5.71 Å². The van der Waals surface area contributed by atoms with Crippen molar-refractivity contribution >= 4 is 11.7 Å². The summed E-state index contributed by atoms with van der Waals surface area (Å²) in [5.74, 6) is -4.16. The molecule has 0 unspecified atom stereocenters. The second-order valence-corrected chi connectivity index (χ2v) is 17.2. The number of hydrogen-bond acceptors (Lipinski definition) is 15. The zero-order chi connectivity index (χ0) is 41.3. The number of nitrogens with zero attached hydrogens (tertiary/aromatic N) is 2. The molecule has 3 fully saturated rings. The summed E-state index contributed by atoms with van der Waals surface area (Å²) in [7, 11) is 5.70. The maximum Gasteiger partial charge on any atom is 0.311 e. The molecule has 0 saturated carbocycles. The summed E-state index contributed by atoms with van der Waals surface area (Å²) in [4.78, 5) is 19.4. The first kappa shape index (κ1) is 46.8. The highest BCUT2D eigenvalue weighted by atomic mass is 16.7. The molecule has 0 amide bonds. The summed E-state index contributed by atoms with van der Waals surface area (Å²) in [5.41, 5.74) is -4.48. The predicted octanol–water partition coefficient (Wildman–Crippen LogP) is 2.23. The molecule has 3 rings (SSSR count). The average molecular weight is 779 g/mol. The molecule has 3 aliphatic heterocycles. The van der Waals surface area contributed by atoms with E-state index in [1.54, 1.807) is 62.3 Å². The topological polar surface area (TPSA) is 218 Å². The summed E-state index contributed by atoms with van der Waals surface area (Å²) in [5, 5.41) is 75.9. The molecule has 0 aromatic rings. The lowest BCUT2D eigenvalue weighted by Crippen LogP contribution is -2.63. The molecule has 3 saturated heterocycles. The Kier molecular flexibility index (Phi) is 15.6. The van der Waals surface area contributed by atoms with Gasteiger partial charge in [-0.05, 0) is 54.4 Å². The highest BCUT2D eigenvalue weighted by Gasteiger charge is 2.54. The second-order valence-electron chi connectivity index (χ2n) is 17.2. The van der Waals surface area contributed by atoms with Crippen LogP contribution in [-0.4, -0.2) is 154 Å². The number of rotatable bonds is 8. The fraction of sp³-hybridized carbons (Fsp3) is 0.947. The fourth-order valence-corrected chi connectivity index (χ4v) is 8.80. The van der Waals surface area contributed by atoms with Gasteiger partial charge in [-0.1, -0.05) is 32.9 Å². The lowest BCUT2D eigenvalue weighted by molar-refractivity contribution is -0.874. The Morgan fingerprint density at radius 1 is 0.926 bits per heavy atom. The summed E-state index contributed by atoms with van der Waals surface area (Å²) >= 11 is 0. The van der Waals surface area contributed by atoms with Crippen molar-refractivity contribution in [3.05, 3.63) is 5.21 Å². The number of quaternary nitrogens is 1. The molecule has 316 valence electrons. The number of methoxy groups -OCH3 is 1. The number of carbonyl (C=O) groups excluding carboxylic acids is 1. The van der Waals surface area contributed by atoms with Crippen LogP contribution in [0.25, 0.3) is 0 Å². The maximum absolute atomic E-state index is 14.2. The van der Waals surface area contributed by atoms with Crippen molar-refractivity contribution in [2.24, 2.45) is 28.8 Å². The minimum absolute atomic E-state index is 0.0397. The lowest BCUT2D eigenvalue weighted by Gasteiger charge is -2.51. The third-order valence-electron chi connectivity index (χ3n) is 12.2. The van der Waals surface area contributed by atoms with Crippen LogP contribution in [0, 0.1) is 28.9 Å². The SMILES string of the molecule is CC[C@H]1OC(=O)[C@H](C)[C@@H](O[C@H]2C[C@@](C)(OC)[C@@H](O)[C@H](C)O2)[C@H](C)[C@@H](O[C@@H]2O[C@H](C)C[C@H]([N+](C)(C)[O-])[C@H]2O)[C@](C)(O)C[C@@H](C)/C(=N\OC)[C@H](C)[C@@H](O)[C@]1(C)O. The van der Waals surface area contributed by atoms with Gasteiger partial charge < -0.3 is 68.6 Å². The normalized spacial score (nSPS) is 48.6. The van der Waals surface area contributed by atoms with Crippen molar-refractivity contribution in [2.45, 2.75) is 179 Å². The van der Waals surface area contributed by atoms with Crippen LogP contribution in [0.1, 0.15) is 94.9 Å². The molecule has 16 nitrogen and oxygen atoms in total. The molecule has 0 bridgehead atoms. The molecule has 54 heavy (non-hydrogen) atoms. The number of hydroxylamine groups is 3. The molecule has 18 atom stereocenters. The zero-order valence-electron chi connectivity index (χ0n) is 34.8. The second kappa shape index (κ2) is 17.9. The molecule has 3 aliphatic rings. The van der Waals surface area contributed by atoms with Gasteiger partial charge in [-0.15, -0.1) is 0 Å². The van der Waals surface area contributed by atoms with Gasteiger partial charge in [0.2, 0.25) is 0 Å². The minimum Gasteiger partial charge on any atom is -0.633 e. The smallest absolute Gasteiger partial charge is 0.311 e. The number of oxime groups is 1. The molecule has 0 aliphatic carbocycles. The number of carbonyl (C=O) groups is 1. The summed E-state index contributed by atoms with van der Waals surface area (Å²) < 4.78 is 36.4. The van der Waals surface area contributed by atoms with Crippen molar-refractivity contribution in [3.8, 4) is 0 Å². The maximum atomic E-state index is 14.2. The number of ether oxygens (including phenoxy) is 6. The number of aliphatic hydroxyl groups is 5. The molecule has 16 heteroatoms. The fourth-order valence-electron chi connectivity index (χ4n) is 8.80. The Morgan fingerprint density at radius 2 is 1.54 bits per heavy atom. The first-order valence-electron chi connectivity index (χ1n) is 19.3. The highest BCUT2D eigenvalue weighted by molar-refractivity contribution is 5.88. The van der Waals surface area contributed by atoms with Gasteiger partial charge in [-0.25, -0.2) is 0 Å². The average Bonchev–Trinajstić information content (AvgIpc) is 3.08. The number of esters is 1. The van der Waals surface area contributed by atoms with Gasteiger partial charge in [-0.2, -0.15) is 0 Å². The molecular formula is C38H70N2O14. The van der Waals surface area contributed by atoms with E-state index in [9.17, 15) is 35.5 Å². The largest absolute Gasteiger partial charge is 0.633 e. The Morgan fingerprint density at radius 3 is 2.07 bits per heavy atom. The van der Waals surface area contributed by atoms with Crippen LogP contribution >= 0.6 is 0 Å². The van der Waals surface area contributed by atoms with Gasteiger partial charge >= 0.3 is 5.97 Å². The van der Waals surface area contributed by atoms with E-state index in [4.69, 9.17) is 33.3 Å². The predicted molar refractivity (Wildman–Crippen MR) is 197 cm³/mol. The number of cyclic esters (lactones) is 1. The van der Waals surface area contributed by atoms with Crippen LogP contribution in [0.5, 0.6) is 0 Å². The zero-order valence-corrected chi connectivity index (χ0v) is 34.8. The molecular weight excluding hydrogens is 708 g/mol. The van der Waals surface area contributed by atoms with Gasteiger partial charge in [0.25, 0.3) is 0 Å². The highest BCUT2D eigenvalue weighted by Crippen LogP contribution is 2.41. The van der Waals surface area contributed by atoms with Gasteiger partial charge in [-0.3, -0.25) is 4.79 Å². The third kappa shape index (κ3) is 10.1. The molecule has 5 N–H and O–H groups in total. The van der Waals surface area contributed by atoms with Crippen molar-refractivity contribution in [3.63, 3.8) is 0 Å². The number of hydrogen-bond donors (Lipinski definition) is 5. The van der Waals surface area contributed by atoms with E-state index >= 15 is 0 Å². The number of likely N-dealkylation sites (N-methyl/N-ethyl adjacent to an activating group) is 1.